The van der Waals surface area contributed by atoms with Crippen molar-refractivity contribution in [2.75, 3.05) is 6.61 Å². The summed E-state index contributed by atoms with van der Waals surface area (Å²) in [5.41, 5.74) is 2.93. The number of carbonyl (C=O) groups is 2. The van der Waals surface area contributed by atoms with E-state index < -0.39 is 0 Å². The number of hydrogen-bond donors (Lipinski definition) is 1. The van der Waals surface area contributed by atoms with Crippen molar-refractivity contribution in [2.24, 2.45) is 11.0 Å². The van der Waals surface area contributed by atoms with Gasteiger partial charge in [0.1, 0.15) is 0 Å². The number of ether oxygens (including phenoxy) is 1. The summed E-state index contributed by atoms with van der Waals surface area (Å²) in [5, 5.41) is 3.82. The van der Waals surface area contributed by atoms with E-state index in [2.05, 4.69) is 10.5 Å². The van der Waals surface area contributed by atoms with E-state index in [9.17, 15) is 9.59 Å². The smallest absolute Gasteiger partial charge is 0.314 e. The maximum absolute atomic E-state index is 11.4. The van der Waals surface area contributed by atoms with Crippen LogP contribution in [0.25, 0.3) is 0 Å². The van der Waals surface area contributed by atoms with E-state index in [-0.39, 0.29) is 11.9 Å². The van der Waals surface area contributed by atoms with Gasteiger partial charge < -0.3 is 4.74 Å². The minimum absolute atomic E-state index is 0.239. The van der Waals surface area contributed by atoms with Crippen LogP contribution in [0.3, 0.4) is 0 Å². The first-order chi connectivity index (χ1) is 6.79. The Balaban J connectivity index is 2.58. The van der Waals surface area contributed by atoms with Crippen molar-refractivity contribution in [1.82, 2.24) is 5.43 Å². The van der Waals surface area contributed by atoms with Crippen molar-refractivity contribution in [3.05, 3.63) is 0 Å². The van der Waals surface area contributed by atoms with E-state index in [1.54, 1.807) is 6.92 Å². The van der Waals surface area contributed by atoms with Gasteiger partial charge in [-0.1, -0.05) is 0 Å². The molecule has 1 atom stereocenters. The number of carbonyl (C=O) groups excluding carboxylic acids is 2. The summed E-state index contributed by atoms with van der Waals surface area (Å²) in [6.45, 7) is 2.15. The van der Waals surface area contributed by atoms with Crippen LogP contribution in [0.2, 0.25) is 0 Å². The van der Waals surface area contributed by atoms with Gasteiger partial charge in [0.2, 0.25) is 6.41 Å². The van der Waals surface area contributed by atoms with Gasteiger partial charge in [-0.05, 0) is 26.2 Å². The molecular formula is C9H14N2O3. The standard InChI is InChI=1S/C9H14N2O3/c1-2-14-9(13)7-4-3-5-8(7)11-10-6-12/h6-7H,2-5H2,1H3,(H,10,12)/b11-8+. The summed E-state index contributed by atoms with van der Waals surface area (Å²) in [6.07, 6.45) is 2.93. The zero-order chi connectivity index (χ0) is 10.4. The molecule has 5 heteroatoms. The van der Waals surface area contributed by atoms with E-state index in [1.165, 1.54) is 0 Å². The zero-order valence-electron chi connectivity index (χ0n) is 8.16. The van der Waals surface area contributed by atoms with Crippen molar-refractivity contribution >= 4 is 18.1 Å². The predicted molar refractivity (Wildman–Crippen MR) is 50.6 cm³/mol. The van der Waals surface area contributed by atoms with Crippen LogP contribution in [0.1, 0.15) is 26.2 Å². The number of nitrogens with one attached hydrogen (secondary N) is 1. The molecule has 1 N–H and O–H groups in total. The molecule has 0 spiro atoms. The lowest BCUT2D eigenvalue weighted by Gasteiger charge is -2.08. The van der Waals surface area contributed by atoms with Crippen molar-refractivity contribution in [1.29, 1.82) is 0 Å². The Morgan fingerprint density at radius 2 is 2.57 bits per heavy atom. The highest BCUT2D eigenvalue weighted by Gasteiger charge is 2.30. The average molecular weight is 198 g/mol. The van der Waals surface area contributed by atoms with Crippen molar-refractivity contribution in [3.63, 3.8) is 0 Å². The molecule has 1 rings (SSSR count). The molecule has 1 aliphatic rings. The molecule has 0 heterocycles. The van der Waals surface area contributed by atoms with Crippen molar-refractivity contribution in [2.45, 2.75) is 26.2 Å². The second-order valence-electron chi connectivity index (χ2n) is 3.05. The Kier molecular flexibility index (Phi) is 4.10. The van der Waals surface area contributed by atoms with E-state index in [1.807, 2.05) is 0 Å². The molecular weight excluding hydrogens is 184 g/mol. The first-order valence-electron chi connectivity index (χ1n) is 4.71. The van der Waals surface area contributed by atoms with Gasteiger partial charge in [-0.15, -0.1) is 0 Å². The van der Waals surface area contributed by atoms with Gasteiger partial charge in [0.25, 0.3) is 0 Å². The summed E-state index contributed by atoms with van der Waals surface area (Å²) < 4.78 is 4.90. The van der Waals surface area contributed by atoms with Gasteiger partial charge in [-0.25, -0.2) is 5.43 Å². The molecule has 1 unspecified atom stereocenters. The SMILES string of the molecule is CCOC(=O)C1CCC/C1=N\NC=O. The fourth-order valence-electron chi connectivity index (χ4n) is 1.57. The second kappa shape index (κ2) is 5.36. The number of nitrogens with zero attached hydrogens (tertiary/aromatic N) is 1. The molecule has 0 aromatic carbocycles. The van der Waals surface area contributed by atoms with Crippen LogP contribution in [-0.2, 0) is 14.3 Å². The molecule has 0 bridgehead atoms. The first kappa shape index (κ1) is 10.7. The number of esters is 1. The largest absolute Gasteiger partial charge is 0.465 e. The maximum atomic E-state index is 11.4. The number of hydrogen-bond acceptors (Lipinski definition) is 4. The van der Waals surface area contributed by atoms with Crippen LogP contribution in [0.5, 0.6) is 0 Å². The Bertz CT molecular complexity index is 250. The number of hydrazone groups is 1. The Hall–Kier alpha value is -1.39. The molecule has 1 fully saturated rings. The van der Waals surface area contributed by atoms with Gasteiger partial charge in [-0.2, -0.15) is 5.10 Å². The average Bonchev–Trinajstić information content (AvgIpc) is 2.63. The van der Waals surface area contributed by atoms with Crippen LogP contribution in [0.15, 0.2) is 5.10 Å². The minimum Gasteiger partial charge on any atom is -0.465 e. The van der Waals surface area contributed by atoms with Gasteiger partial charge >= 0.3 is 5.97 Å². The third kappa shape index (κ3) is 2.55. The highest BCUT2D eigenvalue weighted by atomic mass is 16.5. The molecule has 0 radical (unpaired) electrons. The van der Waals surface area contributed by atoms with Gasteiger partial charge in [0, 0.05) is 0 Å². The fourth-order valence-corrected chi connectivity index (χ4v) is 1.57. The Labute approximate surface area is 82.5 Å². The molecule has 1 aliphatic carbocycles. The molecule has 1 saturated carbocycles. The van der Waals surface area contributed by atoms with Crippen LogP contribution < -0.4 is 5.43 Å². The molecule has 0 aromatic heterocycles. The Morgan fingerprint density at radius 1 is 1.79 bits per heavy atom. The minimum atomic E-state index is -0.262. The summed E-state index contributed by atoms with van der Waals surface area (Å²) in [4.78, 5) is 21.4. The van der Waals surface area contributed by atoms with E-state index >= 15 is 0 Å². The van der Waals surface area contributed by atoms with Crippen molar-refractivity contribution < 1.29 is 14.3 Å². The maximum Gasteiger partial charge on any atom is 0.314 e. The molecule has 0 aromatic rings. The summed E-state index contributed by atoms with van der Waals surface area (Å²) >= 11 is 0. The topological polar surface area (TPSA) is 67.8 Å². The lowest BCUT2D eigenvalue weighted by Crippen LogP contribution is -2.23. The van der Waals surface area contributed by atoms with Gasteiger partial charge in [0.05, 0.1) is 18.2 Å². The first-order valence-corrected chi connectivity index (χ1v) is 4.71. The molecule has 1 amide bonds. The van der Waals surface area contributed by atoms with E-state index in [0.29, 0.717) is 13.0 Å². The number of rotatable bonds is 4. The van der Waals surface area contributed by atoms with Crippen LogP contribution in [-0.4, -0.2) is 24.7 Å². The highest BCUT2D eigenvalue weighted by Crippen LogP contribution is 2.23. The second-order valence-corrected chi connectivity index (χ2v) is 3.05. The summed E-state index contributed by atoms with van der Waals surface area (Å²) in [7, 11) is 0. The summed E-state index contributed by atoms with van der Waals surface area (Å²) in [6, 6.07) is 0. The predicted octanol–water partition coefficient (Wildman–Crippen LogP) is 0.452. The molecule has 0 aliphatic heterocycles. The van der Waals surface area contributed by atoms with Crippen LogP contribution in [0, 0.1) is 5.92 Å². The fraction of sp³-hybridized carbons (Fsp3) is 0.667. The summed E-state index contributed by atoms with van der Waals surface area (Å²) in [5.74, 6) is -0.501. The van der Waals surface area contributed by atoms with Crippen LogP contribution in [0.4, 0.5) is 0 Å². The molecule has 5 nitrogen and oxygen atoms in total. The normalized spacial score (nSPS) is 23.5. The van der Waals surface area contributed by atoms with Crippen LogP contribution >= 0.6 is 0 Å². The van der Waals surface area contributed by atoms with Crippen molar-refractivity contribution in [3.8, 4) is 0 Å². The monoisotopic (exact) mass is 198 g/mol. The third-order valence-corrected chi connectivity index (χ3v) is 2.16. The van der Waals surface area contributed by atoms with Gasteiger partial charge in [-0.3, -0.25) is 9.59 Å². The third-order valence-electron chi connectivity index (χ3n) is 2.16. The molecule has 78 valence electrons. The van der Waals surface area contributed by atoms with E-state index in [4.69, 9.17) is 4.74 Å². The lowest BCUT2D eigenvalue weighted by molar-refractivity contribution is -0.145. The lowest BCUT2D eigenvalue weighted by atomic mass is 10.1. The van der Waals surface area contributed by atoms with E-state index in [0.717, 1.165) is 25.0 Å². The molecule has 14 heavy (non-hydrogen) atoms. The Morgan fingerprint density at radius 3 is 3.21 bits per heavy atom. The number of amides is 1. The van der Waals surface area contributed by atoms with Gasteiger partial charge in [0.15, 0.2) is 0 Å². The zero-order valence-corrected chi connectivity index (χ0v) is 8.16. The highest BCUT2D eigenvalue weighted by molar-refractivity contribution is 6.03. The quantitative estimate of drug-likeness (QED) is 0.405. The molecule has 0 saturated heterocycles.